The summed E-state index contributed by atoms with van der Waals surface area (Å²) in [6.07, 6.45) is 0.132. The number of nitrogens with zero attached hydrogens (tertiary/aromatic N) is 2. The Bertz CT molecular complexity index is 592. The lowest BCUT2D eigenvalue weighted by atomic mass is 10.4. The van der Waals surface area contributed by atoms with Gasteiger partial charge in [-0.15, -0.1) is 0 Å². The maximum absolute atomic E-state index is 12.6. The molecule has 0 bridgehead atoms. The van der Waals surface area contributed by atoms with Crippen LogP contribution in [0.3, 0.4) is 0 Å². The first-order valence-electron chi connectivity index (χ1n) is 6.13. The predicted molar refractivity (Wildman–Crippen MR) is 82.8 cm³/mol. The Balaban J connectivity index is 2.99. The lowest BCUT2D eigenvalue weighted by molar-refractivity contribution is 0.179. The van der Waals surface area contributed by atoms with Gasteiger partial charge in [-0.1, -0.05) is 27.2 Å². The molecule has 3 N–H and O–H groups in total. The van der Waals surface area contributed by atoms with E-state index in [4.69, 9.17) is 15.7 Å². The zero-order chi connectivity index (χ0) is 15.9. The van der Waals surface area contributed by atoms with Crippen LogP contribution in [0.2, 0.25) is 0 Å². The molecule has 1 aromatic carbocycles. The zero-order valence-corrected chi connectivity index (χ0v) is 14.0. The number of methoxy groups -OCH3 is 1. The normalized spacial score (nSPS) is 12.8. The fourth-order valence-electron chi connectivity index (χ4n) is 1.61. The molecular formula is C12H18BrN3O4S. The van der Waals surface area contributed by atoms with Crippen molar-refractivity contribution in [1.82, 2.24) is 4.31 Å². The van der Waals surface area contributed by atoms with Crippen LogP contribution in [0.1, 0.15) is 6.42 Å². The van der Waals surface area contributed by atoms with Gasteiger partial charge in [-0.05, 0) is 18.2 Å². The minimum absolute atomic E-state index is 0.0261. The summed E-state index contributed by atoms with van der Waals surface area (Å²) >= 11 is 3.25. The van der Waals surface area contributed by atoms with Crippen LogP contribution in [0, 0.1) is 0 Å². The first-order chi connectivity index (χ1) is 9.91. The van der Waals surface area contributed by atoms with Crippen LogP contribution < -0.4 is 5.73 Å². The van der Waals surface area contributed by atoms with Gasteiger partial charge in [-0.25, -0.2) is 8.42 Å². The average molecular weight is 380 g/mol. The Kier molecular flexibility index (Phi) is 7.09. The minimum Gasteiger partial charge on any atom is -0.409 e. The highest BCUT2D eigenvalue weighted by Crippen LogP contribution is 2.20. The monoisotopic (exact) mass is 379 g/mol. The number of rotatable bonds is 8. The Hall–Kier alpha value is -1.16. The molecule has 0 atom stereocenters. The van der Waals surface area contributed by atoms with Crippen molar-refractivity contribution in [2.75, 3.05) is 26.8 Å². The Labute approximate surface area is 132 Å². The van der Waals surface area contributed by atoms with Gasteiger partial charge in [0, 0.05) is 31.1 Å². The maximum Gasteiger partial charge on any atom is 0.243 e. The number of hydrogen-bond donors (Lipinski definition) is 2. The second-order valence-corrected chi connectivity index (χ2v) is 7.05. The van der Waals surface area contributed by atoms with E-state index in [2.05, 4.69) is 21.1 Å². The van der Waals surface area contributed by atoms with E-state index in [9.17, 15) is 8.42 Å². The number of ether oxygens (including phenoxy) is 1. The van der Waals surface area contributed by atoms with Crippen molar-refractivity contribution in [3.05, 3.63) is 28.7 Å². The first kappa shape index (κ1) is 17.9. The highest BCUT2D eigenvalue weighted by molar-refractivity contribution is 9.10. The summed E-state index contributed by atoms with van der Waals surface area (Å²) in [6, 6.07) is 6.44. The number of sulfonamides is 1. The van der Waals surface area contributed by atoms with E-state index >= 15 is 0 Å². The van der Waals surface area contributed by atoms with Gasteiger partial charge in [0.15, 0.2) is 0 Å². The fraction of sp³-hybridized carbons (Fsp3) is 0.417. The first-order valence-corrected chi connectivity index (χ1v) is 8.36. The molecule has 7 nitrogen and oxygen atoms in total. The van der Waals surface area contributed by atoms with Crippen LogP contribution in [0.15, 0.2) is 38.8 Å². The van der Waals surface area contributed by atoms with E-state index in [1.165, 1.54) is 23.5 Å². The lowest BCUT2D eigenvalue weighted by Crippen LogP contribution is -2.36. The Morgan fingerprint density at radius 3 is 2.76 bits per heavy atom. The van der Waals surface area contributed by atoms with Crippen molar-refractivity contribution in [2.24, 2.45) is 10.9 Å². The second-order valence-electron chi connectivity index (χ2n) is 4.20. The van der Waals surface area contributed by atoms with E-state index in [0.717, 1.165) is 0 Å². The van der Waals surface area contributed by atoms with Crippen LogP contribution in [0.25, 0.3) is 0 Å². The van der Waals surface area contributed by atoms with Crippen LogP contribution in [0.5, 0.6) is 0 Å². The molecule has 0 aliphatic carbocycles. The van der Waals surface area contributed by atoms with Crippen molar-refractivity contribution in [2.45, 2.75) is 11.3 Å². The molecule has 0 heterocycles. The number of oxime groups is 1. The van der Waals surface area contributed by atoms with Crippen molar-refractivity contribution in [1.29, 1.82) is 0 Å². The van der Waals surface area contributed by atoms with Gasteiger partial charge in [0.05, 0.1) is 11.5 Å². The van der Waals surface area contributed by atoms with Gasteiger partial charge in [0.2, 0.25) is 10.0 Å². The van der Waals surface area contributed by atoms with Crippen LogP contribution >= 0.6 is 15.9 Å². The third kappa shape index (κ3) is 5.27. The summed E-state index contributed by atoms with van der Waals surface area (Å²) in [4.78, 5) is 0.174. The van der Waals surface area contributed by atoms with Crippen molar-refractivity contribution in [3.8, 4) is 0 Å². The number of nitrogens with two attached hydrogens (primary N) is 1. The molecule has 0 amide bonds. The predicted octanol–water partition coefficient (Wildman–Crippen LogP) is 1.22. The van der Waals surface area contributed by atoms with E-state index in [1.54, 1.807) is 12.1 Å². The van der Waals surface area contributed by atoms with E-state index in [0.29, 0.717) is 4.47 Å². The van der Waals surface area contributed by atoms with E-state index in [-0.39, 0.29) is 36.8 Å². The van der Waals surface area contributed by atoms with Crippen molar-refractivity contribution < 1.29 is 18.4 Å². The summed E-state index contributed by atoms with van der Waals surface area (Å²) in [5.74, 6) is -0.0261. The largest absolute Gasteiger partial charge is 0.409 e. The molecule has 1 rings (SSSR count). The van der Waals surface area contributed by atoms with E-state index in [1.807, 2.05) is 0 Å². The second kappa shape index (κ2) is 8.32. The summed E-state index contributed by atoms with van der Waals surface area (Å²) in [5.41, 5.74) is 5.40. The quantitative estimate of drug-likeness (QED) is 0.305. The summed E-state index contributed by atoms with van der Waals surface area (Å²) < 4.78 is 32.0. The summed E-state index contributed by atoms with van der Waals surface area (Å²) in [6.45, 7) is 0.543. The molecule has 0 spiro atoms. The number of hydrogen-bond acceptors (Lipinski definition) is 5. The van der Waals surface area contributed by atoms with Crippen LogP contribution in [-0.2, 0) is 14.8 Å². The van der Waals surface area contributed by atoms with Gasteiger partial charge in [0.1, 0.15) is 5.84 Å². The van der Waals surface area contributed by atoms with E-state index < -0.39 is 10.0 Å². The molecule has 0 aliphatic rings. The highest BCUT2D eigenvalue weighted by Gasteiger charge is 2.24. The molecule has 0 fully saturated rings. The van der Waals surface area contributed by atoms with Gasteiger partial charge >= 0.3 is 0 Å². The Morgan fingerprint density at radius 1 is 1.48 bits per heavy atom. The maximum atomic E-state index is 12.6. The smallest absolute Gasteiger partial charge is 0.243 e. The molecule has 0 aromatic heterocycles. The molecule has 1 aromatic rings. The molecule has 0 saturated heterocycles. The van der Waals surface area contributed by atoms with Crippen molar-refractivity contribution in [3.63, 3.8) is 0 Å². The molecular weight excluding hydrogens is 362 g/mol. The molecule has 0 radical (unpaired) electrons. The molecule has 0 aliphatic heterocycles. The highest BCUT2D eigenvalue weighted by atomic mass is 79.9. The minimum atomic E-state index is -3.67. The van der Waals surface area contributed by atoms with Gasteiger partial charge in [0.25, 0.3) is 0 Å². The van der Waals surface area contributed by atoms with Gasteiger partial charge in [-0.2, -0.15) is 4.31 Å². The summed E-state index contributed by atoms with van der Waals surface area (Å²) in [7, 11) is -2.18. The average Bonchev–Trinajstić information content (AvgIpc) is 2.46. The van der Waals surface area contributed by atoms with Crippen LogP contribution in [-0.4, -0.2) is 50.6 Å². The molecule has 9 heteroatoms. The topological polar surface area (TPSA) is 105 Å². The molecule has 21 heavy (non-hydrogen) atoms. The van der Waals surface area contributed by atoms with Crippen LogP contribution in [0.4, 0.5) is 0 Å². The SMILES string of the molecule is COCCN(CCC(N)=NO)S(=O)(=O)c1cccc(Br)c1. The molecule has 0 saturated carbocycles. The van der Waals surface area contributed by atoms with Crippen molar-refractivity contribution >= 4 is 31.8 Å². The molecule has 0 unspecified atom stereocenters. The molecule has 118 valence electrons. The Morgan fingerprint density at radius 2 is 2.19 bits per heavy atom. The third-order valence-corrected chi connectivity index (χ3v) is 5.11. The fourth-order valence-corrected chi connectivity index (χ4v) is 3.63. The third-order valence-electron chi connectivity index (χ3n) is 2.72. The standard InChI is InChI=1S/C12H18BrN3O4S/c1-20-8-7-16(6-5-12(14)15-17)21(18,19)11-4-2-3-10(13)9-11/h2-4,9,17H,5-8H2,1H3,(H2,14,15). The van der Waals surface area contributed by atoms with Gasteiger partial charge in [-0.3, -0.25) is 0 Å². The van der Waals surface area contributed by atoms with Gasteiger partial charge < -0.3 is 15.7 Å². The summed E-state index contributed by atoms with van der Waals surface area (Å²) in [5, 5.41) is 11.4. The lowest BCUT2D eigenvalue weighted by Gasteiger charge is -2.21. The number of amidine groups is 1. The number of benzene rings is 1. The number of halogens is 1. The zero-order valence-electron chi connectivity index (χ0n) is 11.6.